The monoisotopic (exact) mass is 272 g/mol. The van der Waals surface area contributed by atoms with Crippen LogP contribution in [0.25, 0.3) is 11.2 Å². The molecule has 7 nitrogen and oxygen atoms in total. The standard InChI is InChI=1S/C13H16N6O/c1-4-9-5-14-10(20-9)6-19-8-17-11-12(18(2)3)15-7-16-13(11)19/h5,7-8H,4,6H2,1-3H3. The minimum atomic E-state index is 0.514. The molecule has 0 spiro atoms. The van der Waals surface area contributed by atoms with E-state index in [0.717, 1.165) is 29.2 Å². The maximum Gasteiger partial charge on any atom is 0.214 e. The van der Waals surface area contributed by atoms with E-state index in [1.807, 2.05) is 30.5 Å². The zero-order valence-electron chi connectivity index (χ0n) is 11.7. The Morgan fingerprint density at radius 3 is 2.75 bits per heavy atom. The van der Waals surface area contributed by atoms with Crippen molar-refractivity contribution in [2.24, 2.45) is 0 Å². The van der Waals surface area contributed by atoms with Crippen molar-refractivity contribution in [2.75, 3.05) is 19.0 Å². The van der Waals surface area contributed by atoms with Gasteiger partial charge in [-0.05, 0) is 0 Å². The van der Waals surface area contributed by atoms with E-state index >= 15 is 0 Å². The maximum absolute atomic E-state index is 5.62. The first-order valence-corrected chi connectivity index (χ1v) is 6.45. The van der Waals surface area contributed by atoms with Gasteiger partial charge in [-0.1, -0.05) is 6.92 Å². The second kappa shape index (κ2) is 4.92. The van der Waals surface area contributed by atoms with Crippen molar-refractivity contribution < 1.29 is 4.42 Å². The van der Waals surface area contributed by atoms with Gasteiger partial charge in [-0.15, -0.1) is 0 Å². The molecule has 0 fully saturated rings. The zero-order chi connectivity index (χ0) is 14.1. The SMILES string of the molecule is CCc1cnc(Cn2cnc3c(N(C)C)ncnc32)o1. The molecule has 0 aromatic carbocycles. The zero-order valence-corrected chi connectivity index (χ0v) is 11.7. The number of anilines is 1. The third-order valence-corrected chi connectivity index (χ3v) is 3.06. The van der Waals surface area contributed by atoms with Crippen molar-refractivity contribution >= 4 is 17.0 Å². The van der Waals surface area contributed by atoms with Crippen LogP contribution < -0.4 is 4.90 Å². The fraction of sp³-hybridized carbons (Fsp3) is 0.385. The third-order valence-electron chi connectivity index (χ3n) is 3.06. The van der Waals surface area contributed by atoms with E-state index in [1.165, 1.54) is 0 Å². The molecule has 0 atom stereocenters. The molecule has 0 aliphatic heterocycles. The van der Waals surface area contributed by atoms with Gasteiger partial charge >= 0.3 is 0 Å². The van der Waals surface area contributed by atoms with Gasteiger partial charge in [0, 0.05) is 20.5 Å². The van der Waals surface area contributed by atoms with E-state index in [2.05, 4.69) is 19.9 Å². The highest BCUT2D eigenvalue weighted by atomic mass is 16.4. The number of nitrogens with zero attached hydrogens (tertiary/aromatic N) is 6. The largest absolute Gasteiger partial charge is 0.444 e. The summed E-state index contributed by atoms with van der Waals surface area (Å²) in [6, 6.07) is 0. The Hall–Kier alpha value is -2.44. The average Bonchev–Trinajstić information content (AvgIpc) is 3.06. The average molecular weight is 272 g/mol. The molecule has 0 amide bonds. The van der Waals surface area contributed by atoms with Crippen LogP contribution in [0.1, 0.15) is 18.6 Å². The molecular formula is C13H16N6O. The lowest BCUT2D eigenvalue weighted by molar-refractivity contribution is 0.448. The summed E-state index contributed by atoms with van der Waals surface area (Å²) in [6.45, 7) is 2.55. The van der Waals surface area contributed by atoms with Crippen molar-refractivity contribution in [1.29, 1.82) is 0 Å². The molecular weight excluding hydrogens is 256 g/mol. The van der Waals surface area contributed by atoms with Crippen LogP contribution in [0.15, 0.2) is 23.3 Å². The lowest BCUT2D eigenvalue weighted by Crippen LogP contribution is -2.11. The van der Waals surface area contributed by atoms with Gasteiger partial charge in [-0.2, -0.15) is 0 Å². The Kier molecular flexibility index (Phi) is 3.09. The number of hydrogen-bond acceptors (Lipinski definition) is 6. The molecule has 3 rings (SSSR count). The molecule has 0 unspecified atom stereocenters. The lowest BCUT2D eigenvalue weighted by Gasteiger charge is -2.10. The number of hydrogen-bond donors (Lipinski definition) is 0. The molecule has 0 aliphatic carbocycles. The Balaban J connectivity index is 1.98. The van der Waals surface area contributed by atoms with Gasteiger partial charge in [-0.3, -0.25) is 0 Å². The molecule has 3 aromatic rings. The summed E-state index contributed by atoms with van der Waals surface area (Å²) in [5.74, 6) is 2.34. The predicted molar refractivity (Wildman–Crippen MR) is 74.6 cm³/mol. The van der Waals surface area contributed by atoms with E-state index in [9.17, 15) is 0 Å². The summed E-state index contributed by atoms with van der Waals surface area (Å²) in [5, 5.41) is 0. The van der Waals surface area contributed by atoms with Crippen molar-refractivity contribution in [3.05, 3.63) is 30.5 Å². The van der Waals surface area contributed by atoms with Crippen molar-refractivity contribution in [1.82, 2.24) is 24.5 Å². The van der Waals surface area contributed by atoms with Gasteiger partial charge in [0.05, 0.1) is 12.5 Å². The summed E-state index contributed by atoms with van der Waals surface area (Å²) in [5.41, 5.74) is 1.56. The normalized spacial score (nSPS) is 11.2. The van der Waals surface area contributed by atoms with Crippen LogP contribution in [0, 0.1) is 0 Å². The highest BCUT2D eigenvalue weighted by molar-refractivity contribution is 5.82. The summed E-state index contributed by atoms with van der Waals surface area (Å²) < 4.78 is 7.53. The third kappa shape index (κ3) is 2.11. The summed E-state index contributed by atoms with van der Waals surface area (Å²) in [6.07, 6.45) is 5.88. The van der Waals surface area contributed by atoms with Crippen LogP contribution in [-0.2, 0) is 13.0 Å². The molecule has 3 heterocycles. The van der Waals surface area contributed by atoms with Gasteiger partial charge in [0.15, 0.2) is 17.0 Å². The van der Waals surface area contributed by atoms with E-state index in [1.54, 1.807) is 18.9 Å². The Morgan fingerprint density at radius 1 is 1.20 bits per heavy atom. The van der Waals surface area contributed by atoms with Crippen LogP contribution in [0.4, 0.5) is 5.82 Å². The van der Waals surface area contributed by atoms with E-state index in [4.69, 9.17) is 4.42 Å². The molecule has 0 saturated carbocycles. The van der Waals surface area contributed by atoms with E-state index in [0.29, 0.717) is 12.4 Å². The molecule has 0 aliphatic rings. The molecule has 7 heteroatoms. The molecule has 0 saturated heterocycles. The van der Waals surface area contributed by atoms with Crippen LogP contribution in [0.5, 0.6) is 0 Å². The van der Waals surface area contributed by atoms with Crippen molar-refractivity contribution in [3.63, 3.8) is 0 Å². The first-order chi connectivity index (χ1) is 9.69. The number of oxazole rings is 1. The summed E-state index contributed by atoms with van der Waals surface area (Å²) in [4.78, 5) is 19.1. The fourth-order valence-electron chi connectivity index (χ4n) is 2.04. The van der Waals surface area contributed by atoms with Crippen LogP contribution in [-0.4, -0.2) is 38.6 Å². The van der Waals surface area contributed by atoms with Crippen LogP contribution in [0.2, 0.25) is 0 Å². The summed E-state index contributed by atoms with van der Waals surface area (Å²) in [7, 11) is 3.87. The van der Waals surface area contributed by atoms with Gasteiger partial charge in [-0.25, -0.2) is 19.9 Å². The molecule has 20 heavy (non-hydrogen) atoms. The van der Waals surface area contributed by atoms with Crippen LogP contribution >= 0.6 is 0 Å². The number of aryl methyl sites for hydroxylation is 1. The Labute approximate surface area is 116 Å². The second-order valence-corrected chi connectivity index (χ2v) is 4.71. The highest BCUT2D eigenvalue weighted by Gasteiger charge is 2.13. The number of aromatic nitrogens is 5. The molecule has 3 aromatic heterocycles. The first-order valence-electron chi connectivity index (χ1n) is 6.45. The van der Waals surface area contributed by atoms with E-state index < -0.39 is 0 Å². The highest BCUT2D eigenvalue weighted by Crippen LogP contribution is 2.20. The summed E-state index contributed by atoms with van der Waals surface area (Å²) >= 11 is 0. The molecule has 0 radical (unpaired) electrons. The minimum Gasteiger partial charge on any atom is -0.444 e. The Morgan fingerprint density at radius 2 is 2.05 bits per heavy atom. The van der Waals surface area contributed by atoms with Gasteiger partial charge in [0.25, 0.3) is 0 Å². The second-order valence-electron chi connectivity index (χ2n) is 4.71. The quantitative estimate of drug-likeness (QED) is 0.716. The smallest absolute Gasteiger partial charge is 0.214 e. The maximum atomic E-state index is 5.62. The predicted octanol–water partition coefficient (Wildman–Crippen LogP) is 1.49. The Bertz CT molecular complexity index is 729. The number of rotatable bonds is 4. The van der Waals surface area contributed by atoms with Crippen molar-refractivity contribution in [2.45, 2.75) is 19.9 Å². The van der Waals surface area contributed by atoms with Crippen molar-refractivity contribution in [3.8, 4) is 0 Å². The van der Waals surface area contributed by atoms with Crippen LogP contribution in [0.3, 0.4) is 0 Å². The number of fused-ring (bicyclic) bond motifs is 1. The minimum absolute atomic E-state index is 0.514. The topological polar surface area (TPSA) is 72.9 Å². The lowest BCUT2D eigenvalue weighted by atomic mass is 10.4. The molecule has 0 N–H and O–H groups in total. The first kappa shape index (κ1) is 12.6. The number of imidazole rings is 1. The molecule has 104 valence electrons. The molecule has 0 bridgehead atoms. The fourth-order valence-corrected chi connectivity index (χ4v) is 2.04. The van der Waals surface area contributed by atoms with Gasteiger partial charge in [0.1, 0.15) is 18.6 Å². The van der Waals surface area contributed by atoms with Gasteiger partial charge in [0.2, 0.25) is 5.89 Å². The van der Waals surface area contributed by atoms with Gasteiger partial charge < -0.3 is 13.9 Å². The van der Waals surface area contributed by atoms with E-state index in [-0.39, 0.29) is 0 Å².